The topological polar surface area (TPSA) is 93.8 Å². The lowest BCUT2D eigenvalue weighted by Gasteiger charge is -2.03. The number of carbonyl (C=O) groups excluding carboxylic acids is 1. The third-order valence-corrected chi connectivity index (χ3v) is 2.57. The molecule has 1 amide bonds. The number of aryl methyl sites for hydroxylation is 1. The first-order valence-electron chi connectivity index (χ1n) is 4.48. The zero-order chi connectivity index (χ0) is 11.5. The summed E-state index contributed by atoms with van der Waals surface area (Å²) < 4.78 is 3.95. The Morgan fingerprint density at radius 2 is 2.38 bits per heavy atom. The van der Waals surface area contributed by atoms with E-state index in [-0.39, 0.29) is 5.91 Å². The van der Waals surface area contributed by atoms with Crippen LogP contribution in [-0.4, -0.2) is 20.2 Å². The SMILES string of the molecule is Cc1nsc(NC(=O)c2cnccc2N)n1. The number of nitrogen functional groups attached to an aromatic ring is 1. The second-order valence-electron chi connectivity index (χ2n) is 3.06. The molecule has 0 aliphatic heterocycles. The lowest BCUT2D eigenvalue weighted by Crippen LogP contribution is -2.14. The molecule has 2 rings (SSSR count). The molecule has 2 aromatic heterocycles. The van der Waals surface area contributed by atoms with Crippen molar-refractivity contribution in [1.29, 1.82) is 0 Å². The minimum absolute atomic E-state index is 0.329. The maximum Gasteiger partial charge on any atom is 0.261 e. The first-order valence-corrected chi connectivity index (χ1v) is 5.25. The molecule has 0 aliphatic rings. The van der Waals surface area contributed by atoms with Crippen LogP contribution in [0.4, 0.5) is 10.8 Å². The van der Waals surface area contributed by atoms with E-state index in [1.807, 2.05) is 0 Å². The second-order valence-corrected chi connectivity index (χ2v) is 3.82. The molecule has 2 heterocycles. The van der Waals surface area contributed by atoms with E-state index >= 15 is 0 Å². The number of amides is 1. The molecular formula is C9H9N5OS. The van der Waals surface area contributed by atoms with E-state index in [2.05, 4.69) is 19.7 Å². The number of pyridine rings is 1. The van der Waals surface area contributed by atoms with E-state index in [0.717, 1.165) is 11.5 Å². The van der Waals surface area contributed by atoms with Crippen LogP contribution < -0.4 is 11.1 Å². The normalized spacial score (nSPS) is 10.1. The highest BCUT2D eigenvalue weighted by atomic mass is 32.1. The van der Waals surface area contributed by atoms with Gasteiger partial charge < -0.3 is 5.73 Å². The number of rotatable bonds is 2. The van der Waals surface area contributed by atoms with Gasteiger partial charge in [-0.15, -0.1) is 0 Å². The van der Waals surface area contributed by atoms with Crippen LogP contribution in [0.3, 0.4) is 0 Å². The average molecular weight is 235 g/mol. The molecule has 0 spiro atoms. The standard InChI is InChI=1S/C9H9N5OS/c1-5-12-9(16-14-5)13-8(15)6-4-11-3-2-7(6)10/h2-4H,1H3,(H2,10,11)(H,12,13,14,15). The quantitative estimate of drug-likeness (QED) is 0.812. The highest BCUT2D eigenvalue weighted by Crippen LogP contribution is 2.14. The molecule has 0 aromatic carbocycles. The van der Waals surface area contributed by atoms with Gasteiger partial charge >= 0.3 is 0 Å². The molecular weight excluding hydrogens is 226 g/mol. The molecule has 0 atom stereocenters. The van der Waals surface area contributed by atoms with Crippen molar-refractivity contribution in [2.24, 2.45) is 0 Å². The minimum Gasteiger partial charge on any atom is -0.398 e. The summed E-state index contributed by atoms with van der Waals surface area (Å²) in [5.41, 5.74) is 6.36. The predicted molar refractivity (Wildman–Crippen MR) is 61.2 cm³/mol. The maximum absolute atomic E-state index is 11.8. The van der Waals surface area contributed by atoms with Gasteiger partial charge in [0.05, 0.1) is 5.56 Å². The molecule has 2 aromatic rings. The molecule has 0 unspecified atom stereocenters. The monoisotopic (exact) mass is 235 g/mol. The molecule has 16 heavy (non-hydrogen) atoms. The third-order valence-electron chi connectivity index (χ3n) is 1.85. The van der Waals surface area contributed by atoms with E-state index < -0.39 is 0 Å². The minimum atomic E-state index is -0.332. The Morgan fingerprint density at radius 3 is 3.00 bits per heavy atom. The largest absolute Gasteiger partial charge is 0.398 e. The summed E-state index contributed by atoms with van der Waals surface area (Å²) in [6.07, 6.45) is 2.94. The number of aromatic nitrogens is 3. The van der Waals surface area contributed by atoms with E-state index in [0.29, 0.717) is 22.2 Å². The van der Waals surface area contributed by atoms with E-state index in [9.17, 15) is 4.79 Å². The Hall–Kier alpha value is -2.02. The van der Waals surface area contributed by atoms with Gasteiger partial charge in [0, 0.05) is 29.6 Å². The number of nitrogens with two attached hydrogens (primary N) is 1. The molecule has 82 valence electrons. The van der Waals surface area contributed by atoms with E-state index in [1.54, 1.807) is 13.0 Å². The van der Waals surface area contributed by atoms with Crippen molar-refractivity contribution in [1.82, 2.24) is 14.3 Å². The van der Waals surface area contributed by atoms with Gasteiger partial charge in [0.15, 0.2) is 0 Å². The lowest BCUT2D eigenvalue weighted by molar-refractivity contribution is 0.102. The van der Waals surface area contributed by atoms with Crippen LogP contribution in [0.25, 0.3) is 0 Å². The van der Waals surface area contributed by atoms with Crippen LogP contribution in [0.2, 0.25) is 0 Å². The Morgan fingerprint density at radius 1 is 1.56 bits per heavy atom. The number of hydrogen-bond donors (Lipinski definition) is 2. The fourth-order valence-electron chi connectivity index (χ4n) is 1.11. The number of carbonyl (C=O) groups is 1. The molecule has 0 saturated heterocycles. The molecule has 0 bridgehead atoms. The summed E-state index contributed by atoms with van der Waals surface area (Å²) in [5, 5.41) is 3.06. The van der Waals surface area contributed by atoms with Crippen molar-refractivity contribution in [3.63, 3.8) is 0 Å². The fraction of sp³-hybridized carbons (Fsp3) is 0.111. The number of anilines is 2. The molecule has 7 heteroatoms. The molecule has 3 N–H and O–H groups in total. The highest BCUT2D eigenvalue weighted by molar-refractivity contribution is 7.09. The van der Waals surface area contributed by atoms with E-state index in [4.69, 9.17) is 5.73 Å². The van der Waals surface area contributed by atoms with Crippen LogP contribution in [0.5, 0.6) is 0 Å². The lowest BCUT2D eigenvalue weighted by atomic mass is 10.2. The molecule has 0 fully saturated rings. The summed E-state index contributed by atoms with van der Waals surface area (Å²) in [6.45, 7) is 1.75. The van der Waals surface area contributed by atoms with Crippen LogP contribution in [0, 0.1) is 6.92 Å². The number of hydrogen-bond acceptors (Lipinski definition) is 6. The van der Waals surface area contributed by atoms with Crippen molar-refractivity contribution < 1.29 is 4.79 Å². The predicted octanol–water partition coefficient (Wildman–Crippen LogP) is 1.08. The van der Waals surface area contributed by atoms with Crippen molar-refractivity contribution in [3.05, 3.63) is 29.8 Å². The fourth-order valence-corrected chi connectivity index (χ4v) is 1.68. The Labute approximate surface area is 95.7 Å². The summed E-state index contributed by atoms with van der Waals surface area (Å²) in [6, 6.07) is 1.57. The Bertz CT molecular complexity index is 524. The summed E-state index contributed by atoms with van der Waals surface area (Å²) in [5.74, 6) is 0.293. The van der Waals surface area contributed by atoms with Gasteiger partial charge in [-0.1, -0.05) is 0 Å². The van der Waals surface area contributed by atoms with E-state index in [1.165, 1.54) is 12.4 Å². The summed E-state index contributed by atoms with van der Waals surface area (Å²) in [7, 11) is 0. The molecule has 0 saturated carbocycles. The first-order chi connectivity index (χ1) is 7.66. The van der Waals surface area contributed by atoms with Crippen molar-refractivity contribution >= 4 is 28.3 Å². The highest BCUT2D eigenvalue weighted by Gasteiger charge is 2.11. The smallest absolute Gasteiger partial charge is 0.261 e. The van der Waals surface area contributed by atoms with Crippen molar-refractivity contribution in [2.75, 3.05) is 11.1 Å². The molecule has 0 radical (unpaired) electrons. The zero-order valence-electron chi connectivity index (χ0n) is 8.47. The number of nitrogens with one attached hydrogen (secondary N) is 1. The Balaban J connectivity index is 2.18. The maximum atomic E-state index is 11.8. The van der Waals surface area contributed by atoms with Crippen LogP contribution in [-0.2, 0) is 0 Å². The van der Waals surface area contributed by atoms with Crippen molar-refractivity contribution in [3.8, 4) is 0 Å². The summed E-state index contributed by atoms with van der Waals surface area (Å²) in [4.78, 5) is 19.6. The molecule has 0 aliphatic carbocycles. The van der Waals surface area contributed by atoms with Gasteiger partial charge in [-0.3, -0.25) is 15.1 Å². The zero-order valence-corrected chi connectivity index (χ0v) is 9.28. The van der Waals surface area contributed by atoms with Crippen LogP contribution >= 0.6 is 11.5 Å². The second kappa shape index (κ2) is 4.23. The summed E-state index contributed by atoms with van der Waals surface area (Å²) >= 11 is 1.12. The van der Waals surface area contributed by atoms with Crippen LogP contribution in [0.1, 0.15) is 16.2 Å². The molecule has 6 nitrogen and oxygen atoms in total. The van der Waals surface area contributed by atoms with Gasteiger partial charge in [0.25, 0.3) is 5.91 Å². The third kappa shape index (κ3) is 2.14. The first kappa shape index (κ1) is 10.5. The number of nitrogens with zero attached hydrogens (tertiary/aromatic N) is 3. The van der Waals surface area contributed by atoms with Gasteiger partial charge in [0.2, 0.25) is 5.13 Å². The van der Waals surface area contributed by atoms with Gasteiger partial charge in [-0.2, -0.15) is 4.37 Å². The Kier molecular flexibility index (Phi) is 2.78. The van der Waals surface area contributed by atoms with Crippen molar-refractivity contribution in [2.45, 2.75) is 6.92 Å². The van der Waals surface area contributed by atoms with Gasteiger partial charge in [-0.25, -0.2) is 4.98 Å². The van der Waals surface area contributed by atoms with Gasteiger partial charge in [-0.05, 0) is 13.0 Å². The average Bonchev–Trinajstić information content (AvgIpc) is 2.64. The van der Waals surface area contributed by atoms with Crippen LogP contribution in [0.15, 0.2) is 18.5 Å². The van der Waals surface area contributed by atoms with Gasteiger partial charge in [0.1, 0.15) is 5.82 Å².